The van der Waals surface area contributed by atoms with E-state index in [9.17, 15) is 4.79 Å². The molecule has 0 aliphatic carbocycles. The van der Waals surface area contributed by atoms with Gasteiger partial charge in [-0.1, -0.05) is 30.3 Å². The van der Waals surface area contributed by atoms with Gasteiger partial charge in [0.15, 0.2) is 0 Å². The van der Waals surface area contributed by atoms with Crippen molar-refractivity contribution in [1.29, 1.82) is 0 Å². The number of carbonyl (C=O) groups is 1. The molecule has 0 saturated carbocycles. The molecule has 0 aliphatic rings. The number of amides is 1. The quantitative estimate of drug-likeness (QED) is 0.744. The number of nitrogens with one attached hydrogen (secondary N) is 1. The highest BCUT2D eigenvalue weighted by atomic mass is 16.1. The van der Waals surface area contributed by atoms with Crippen LogP contribution in [0.25, 0.3) is 0 Å². The molecule has 4 nitrogen and oxygen atoms in total. The van der Waals surface area contributed by atoms with Gasteiger partial charge in [0.2, 0.25) is 0 Å². The molecule has 2 aromatic carbocycles. The van der Waals surface area contributed by atoms with Crippen LogP contribution in [0.1, 0.15) is 22.8 Å². The summed E-state index contributed by atoms with van der Waals surface area (Å²) in [5.74, 6) is -0.160. The predicted octanol–water partition coefficient (Wildman–Crippen LogP) is 2.21. The van der Waals surface area contributed by atoms with Crippen molar-refractivity contribution < 1.29 is 4.79 Å². The van der Waals surface area contributed by atoms with E-state index in [1.807, 2.05) is 37.3 Å². The third-order valence-electron chi connectivity index (χ3n) is 3.00. The molecular formula is C16H19N3O. The van der Waals surface area contributed by atoms with E-state index in [-0.39, 0.29) is 11.9 Å². The van der Waals surface area contributed by atoms with Gasteiger partial charge < -0.3 is 16.8 Å². The van der Waals surface area contributed by atoms with Gasteiger partial charge >= 0.3 is 0 Å². The smallest absolute Gasteiger partial charge is 0.251 e. The fourth-order valence-electron chi connectivity index (χ4n) is 2.13. The Labute approximate surface area is 118 Å². The summed E-state index contributed by atoms with van der Waals surface area (Å²) in [5.41, 5.74) is 14.0. The van der Waals surface area contributed by atoms with Crippen LogP contribution in [-0.4, -0.2) is 11.9 Å². The Hall–Kier alpha value is -2.49. The fourth-order valence-corrected chi connectivity index (χ4v) is 2.13. The molecule has 1 unspecified atom stereocenters. The summed E-state index contributed by atoms with van der Waals surface area (Å²) >= 11 is 0. The standard InChI is InChI=1S/C16H19N3O/c1-11(7-12-5-3-2-4-6-12)19-16(20)13-8-14(17)10-15(18)9-13/h2-6,8-11H,7,17-18H2,1H3,(H,19,20). The highest BCUT2D eigenvalue weighted by molar-refractivity contribution is 5.96. The van der Waals surface area contributed by atoms with Crippen LogP contribution in [0, 0.1) is 0 Å². The fraction of sp³-hybridized carbons (Fsp3) is 0.188. The van der Waals surface area contributed by atoms with Crippen molar-refractivity contribution in [3.63, 3.8) is 0 Å². The molecule has 0 radical (unpaired) electrons. The minimum atomic E-state index is -0.160. The Balaban J connectivity index is 2.00. The average Bonchev–Trinajstić information content (AvgIpc) is 2.38. The first-order valence-corrected chi connectivity index (χ1v) is 6.55. The van der Waals surface area contributed by atoms with Gasteiger partial charge in [-0.05, 0) is 37.1 Å². The predicted molar refractivity (Wildman–Crippen MR) is 82.3 cm³/mol. The van der Waals surface area contributed by atoms with Gasteiger partial charge in [0.1, 0.15) is 0 Å². The van der Waals surface area contributed by atoms with Gasteiger partial charge in [0.05, 0.1) is 0 Å². The summed E-state index contributed by atoms with van der Waals surface area (Å²) in [6, 6.07) is 15.0. The number of hydrogen-bond acceptors (Lipinski definition) is 3. The van der Waals surface area contributed by atoms with Crippen molar-refractivity contribution in [2.24, 2.45) is 0 Å². The van der Waals surface area contributed by atoms with Gasteiger partial charge in [0, 0.05) is 23.0 Å². The SMILES string of the molecule is CC(Cc1ccccc1)NC(=O)c1cc(N)cc(N)c1. The lowest BCUT2D eigenvalue weighted by atomic mass is 10.1. The normalized spacial score (nSPS) is 11.8. The molecule has 2 aromatic rings. The molecular weight excluding hydrogens is 250 g/mol. The van der Waals surface area contributed by atoms with Crippen LogP contribution < -0.4 is 16.8 Å². The second-order valence-electron chi connectivity index (χ2n) is 4.95. The average molecular weight is 269 g/mol. The summed E-state index contributed by atoms with van der Waals surface area (Å²) in [5, 5.41) is 2.95. The van der Waals surface area contributed by atoms with E-state index in [0.717, 1.165) is 6.42 Å². The number of hydrogen-bond donors (Lipinski definition) is 3. The number of nitrogens with two attached hydrogens (primary N) is 2. The first-order valence-electron chi connectivity index (χ1n) is 6.55. The topological polar surface area (TPSA) is 81.1 Å². The van der Waals surface area contributed by atoms with Crippen LogP contribution in [0.2, 0.25) is 0 Å². The van der Waals surface area contributed by atoms with Crippen molar-refractivity contribution in [2.75, 3.05) is 11.5 Å². The molecule has 104 valence electrons. The lowest BCUT2D eigenvalue weighted by Crippen LogP contribution is -2.34. The molecule has 5 N–H and O–H groups in total. The van der Waals surface area contributed by atoms with Crippen LogP contribution >= 0.6 is 0 Å². The van der Waals surface area contributed by atoms with E-state index in [1.54, 1.807) is 18.2 Å². The molecule has 0 aromatic heterocycles. The largest absolute Gasteiger partial charge is 0.399 e. The Morgan fingerprint density at radius 3 is 2.30 bits per heavy atom. The van der Waals surface area contributed by atoms with Gasteiger partial charge in [0.25, 0.3) is 5.91 Å². The lowest BCUT2D eigenvalue weighted by molar-refractivity contribution is 0.0940. The third-order valence-corrected chi connectivity index (χ3v) is 3.00. The molecule has 1 atom stereocenters. The van der Waals surface area contributed by atoms with Crippen molar-refractivity contribution in [1.82, 2.24) is 5.32 Å². The Morgan fingerprint density at radius 1 is 1.10 bits per heavy atom. The number of anilines is 2. The minimum absolute atomic E-state index is 0.0348. The van der Waals surface area contributed by atoms with E-state index in [4.69, 9.17) is 11.5 Å². The molecule has 0 spiro atoms. The molecule has 0 saturated heterocycles. The number of carbonyl (C=O) groups excluding carboxylic acids is 1. The highest BCUT2D eigenvalue weighted by Crippen LogP contribution is 2.14. The van der Waals surface area contributed by atoms with Crippen LogP contribution in [0.5, 0.6) is 0 Å². The third kappa shape index (κ3) is 3.75. The van der Waals surface area contributed by atoms with Crippen LogP contribution in [-0.2, 0) is 6.42 Å². The first-order chi connectivity index (χ1) is 9.54. The molecule has 0 heterocycles. The molecule has 0 bridgehead atoms. The lowest BCUT2D eigenvalue weighted by Gasteiger charge is -2.14. The Morgan fingerprint density at radius 2 is 1.70 bits per heavy atom. The summed E-state index contributed by atoms with van der Waals surface area (Å²) < 4.78 is 0. The minimum Gasteiger partial charge on any atom is -0.399 e. The second kappa shape index (κ2) is 6.10. The number of rotatable bonds is 4. The summed E-state index contributed by atoms with van der Waals surface area (Å²) in [6.07, 6.45) is 0.782. The zero-order valence-corrected chi connectivity index (χ0v) is 11.5. The first kappa shape index (κ1) is 13.9. The molecule has 4 heteroatoms. The van der Waals surface area contributed by atoms with E-state index in [1.165, 1.54) is 5.56 Å². The molecule has 0 fully saturated rings. The monoisotopic (exact) mass is 269 g/mol. The van der Waals surface area contributed by atoms with Gasteiger partial charge in [-0.25, -0.2) is 0 Å². The van der Waals surface area contributed by atoms with Gasteiger partial charge in [-0.15, -0.1) is 0 Å². The maximum atomic E-state index is 12.1. The van der Waals surface area contributed by atoms with Crippen molar-refractivity contribution in [3.8, 4) is 0 Å². The maximum Gasteiger partial charge on any atom is 0.251 e. The van der Waals surface area contributed by atoms with Gasteiger partial charge in [-0.3, -0.25) is 4.79 Å². The van der Waals surface area contributed by atoms with Gasteiger partial charge in [-0.2, -0.15) is 0 Å². The number of nitrogen functional groups attached to an aromatic ring is 2. The molecule has 1 amide bonds. The van der Waals surface area contributed by atoms with Crippen LogP contribution in [0.15, 0.2) is 48.5 Å². The van der Waals surface area contributed by atoms with Crippen LogP contribution in [0.4, 0.5) is 11.4 Å². The summed E-state index contributed by atoms with van der Waals surface area (Å²) in [7, 11) is 0. The second-order valence-corrected chi connectivity index (χ2v) is 4.95. The summed E-state index contributed by atoms with van der Waals surface area (Å²) in [4.78, 5) is 12.1. The van der Waals surface area contributed by atoms with Crippen molar-refractivity contribution in [3.05, 3.63) is 59.7 Å². The Bertz CT molecular complexity index is 576. The molecule has 20 heavy (non-hydrogen) atoms. The molecule has 2 rings (SSSR count). The molecule has 0 aliphatic heterocycles. The Kier molecular flexibility index (Phi) is 4.25. The van der Waals surface area contributed by atoms with Crippen molar-refractivity contribution >= 4 is 17.3 Å². The maximum absolute atomic E-state index is 12.1. The van der Waals surface area contributed by atoms with E-state index < -0.39 is 0 Å². The van der Waals surface area contributed by atoms with Crippen molar-refractivity contribution in [2.45, 2.75) is 19.4 Å². The van der Waals surface area contributed by atoms with E-state index >= 15 is 0 Å². The zero-order valence-electron chi connectivity index (χ0n) is 11.5. The number of benzene rings is 2. The summed E-state index contributed by atoms with van der Waals surface area (Å²) in [6.45, 7) is 1.97. The van der Waals surface area contributed by atoms with Crippen LogP contribution in [0.3, 0.4) is 0 Å². The highest BCUT2D eigenvalue weighted by Gasteiger charge is 2.11. The van der Waals surface area contributed by atoms with E-state index in [2.05, 4.69) is 5.32 Å². The zero-order chi connectivity index (χ0) is 14.5. The van der Waals surface area contributed by atoms with E-state index in [0.29, 0.717) is 16.9 Å².